The highest BCUT2D eigenvalue weighted by atomic mass is 32.2. The molecule has 2 heterocycles. The van der Waals surface area contributed by atoms with E-state index in [1.54, 1.807) is 18.2 Å². The van der Waals surface area contributed by atoms with Crippen LogP contribution in [0.1, 0.15) is 42.6 Å². The standard InChI is InChI=1S/C21H29N5O3S/c1-4-23-21(27)19-13-17(14-24-20(19)26-11-9-22-10-12-26)25-30(28,29)18-7-5-16(6-8-18)15(2)3/h5-8,13-15,22,25H,4,9-12H2,1-3H3,(H,23,27). The first-order chi connectivity index (χ1) is 14.3. The fraction of sp³-hybridized carbons (Fsp3) is 0.429. The van der Waals surface area contributed by atoms with Gasteiger partial charge in [0.2, 0.25) is 0 Å². The van der Waals surface area contributed by atoms with Gasteiger partial charge in [-0.3, -0.25) is 9.52 Å². The average Bonchev–Trinajstić information content (AvgIpc) is 2.74. The Morgan fingerprint density at radius 2 is 1.87 bits per heavy atom. The summed E-state index contributed by atoms with van der Waals surface area (Å²) in [6.07, 6.45) is 1.46. The highest BCUT2D eigenvalue weighted by Gasteiger charge is 2.22. The Morgan fingerprint density at radius 1 is 1.20 bits per heavy atom. The third-order valence-electron chi connectivity index (χ3n) is 4.97. The largest absolute Gasteiger partial charge is 0.353 e. The molecule has 2 aromatic rings. The van der Waals surface area contributed by atoms with Gasteiger partial charge in [0.15, 0.2) is 0 Å². The fourth-order valence-corrected chi connectivity index (χ4v) is 4.34. The minimum Gasteiger partial charge on any atom is -0.353 e. The maximum atomic E-state index is 12.8. The van der Waals surface area contributed by atoms with Gasteiger partial charge >= 0.3 is 0 Å². The fourth-order valence-electron chi connectivity index (χ4n) is 3.31. The van der Waals surface area contributed by atoms with E-state index in [2.05, 4.69) is 34.2 Å². The van der Waals surface area contributed by atoms with Gasteiger partial charge in [-0.05, 0) is 36.6 Å². The van der Waals surface area contributed by atoms with Crippen LogP contribution in [0.2, 0.25) is 0 Å². The van der Waals surface area contributed by atoms with Gasteiger partial charge in [0, 0.05) is 32.7 Å². The molecule has 1 amide bonds. The third kappa shape index (κ3) is 5.09. The number of hydrogen-bond donors (Lipinski definition) is 3. The molecule has 3 N–H and O–H groups in total. The van der Waals surface area contributed by atoms with Crippen molar-refractivity contribution >= 4 is 27.4 Å². The number of amides is 1. The summed E-state index contributed by atoms with van der Waals surface area (Å²) in [6.45, 7) is 9.47. The molecule has 1 fully saturated rings. The summed E-state index contributed by atoms with van der Waals surface area (Å²) >= 11 is 0. The van der Waals surface area contributed by atoms with Crippen LogP contribution in [-0.4, -0.2) is 52.0 Å². The topological polar surface area (TPSA) is 103 Å². The lowest BCUT2D eigenvalue weighted by Crippen LogP contribution is -2.44. The van der Waals surface area contributed by atoms with E-state index >= 15 is 0 Å². The first kappa shape index (κ1) is 22.0. The Balaban J connectivity index is 1.89. The Bertz CT molecular complexity index is 984. The molecule has 0 bridgehead atoms. The lowest BCUT2D eigenvalue weighted by molar-refractivity contribution is 0.0956. The van der Waals surface area contributed by atoms with Crippen molar-refractivity contribution in [3.8, 4) is 0 Å². The Labute approximate surface area is 178 Å². The molecule has 1 aliphatic rings. The lowest BCUT2D eigenvalue weighted by atomic mass is 10.0. The predicted octanol–water partition coefficient (Wildman–Crippen LogP) is 2.17. The first-order valence-electron chi connectivity index (χ1n) is 10.2. The van der Waals surface area contributed by atoms with Crippen LogP contribution in [0, 0.1) is 0 Å². The number of anilines is 2. The summed E-state index contributed by atoms with van der Waals surface area (Å²) in [5.74, 6) is 0.601. The SMILES string of the molecule is CCNC(=O)c1cc(NS(=O)(=O)c2ccc(C(C)C)cc2)cnc1N1CCNCC1. The van der Waals surface area contributed by atoms with Crippen LogP contribution in [0.5, 0.6) is 0 Å². The van der Waals surface area contributed by atoms with E-state index in [-0.39, 0.29) is 16.5 Å². The molecule has 1 aliphatic heterocycles. The monoisotopic (exact) mass is 431 g/mol. The van der Waals surface area contributed by atoms with Gasteiger partial charge < -0.3 is 15.5 Å². The molecule has 0 unspecified atom stereocenters. The number of nitrogens with zero attached hydrogens (tertiary/aromatic N) is 2. The zero-order valence-electron chi connectivity index (χ0n) is 17.6. The van der Waals surface area contributed by atoms with Crippen molar-refractivity contribution in [3.63, 3.8) is 0 Å². The van der Waals surface area contributed by atoms with Crippen molar-refractivity contribution in [2.75, 3.05) is 42.3 Å². The second-order valence-corrected chi connectivity index (χ2v) is 9.20. The number of rotatable bonds is 7. The zero-order chi connectivity index (χ0) is 21.7. The number of hydrogen-bond acceptors (Lipinski definition) is 6. The van der Waals surface area contributed by atoms with E-state index in [4.69, 9.17) is 0 Å². The number of piperazine rings is 1. The second-order valence-electron chi connectivity index (χ2n) is 7.52. The molecular weight excluding hydrogens is 402 g/mol. The molecular formula is C21H29N5O3S. The van der Waals surface area contributed by atoms with Crippen LogP contribution in [0.3, 0.4) is 0 Å². The minimum atomic E-state index is -3.79. The zero-order valence-corrected chi connectivity index (χ0v) is 18.4. The molecule has 30 heavy (non-hydrogen) atoms. The number of pyridine rings is 1. The van der Waals surface area contributed by atoms with Crippen molar-refractivity contribution in [2.24, 2.45) is 0 Å². The Hall–Kier alpha value is -2.65. The number of carbonyl (C=O) groups is 1. The quantitative estimate of drug-likeness (QED) is 0.621. The molecule has 1 aromatic carbocycles. The van der Waals surface area contributed by atoms with Crippen LogP contribution in [0.4, 0.5) is 11.5 Å². The molecule has 9 heteroatoms. The maximum absolute atomic E-state index is 12.8. The van der Waals surface area contributed by atoms with Crippen LogP contribution in [0.25, 0.3) is 0 Å². The molecule has 0 radical (unpaired) electrons. The van der Waals surface area contributed by atoms with E-state index in [0.717, 1.165) is 31.7 Å². The number of carbonyl (C=O) groups excluding carboxylic acids is 1. The highest BCUT2D eigenvalue weighted by molar-refractivity contribution is 7.92. The molecule has 1 saturated heterocycles. The lowest BCUT2D eigenvalue weighted by Gasteiger charge is -2.30. The van der Waals surface area contributed by atoms with Crippen molar-refractivity contribution in [2.45, 2.75) is 31.6 Å². The van der Waals surface area contributed by atoms with Gasteiger partial charge in [0.1, 0.15) is 5.82 Å². The van der Waals surface area contributed by atoms with Crippen LogP contribution in [-0.2, 0) is 10.0 Å². The number of nitrogens with one attached hydrogen (secondary N) is 3. The Morgan fingerprint density at radius 3 is 2.47 bits per heavy atom. The van der Waals surface area contributed by atoms with Crippen molar-refractivity contribution in [1.29, 1.82) is 0 Å². The molecule has 0 saturated carbocycles. The van der Waals surface area contributed by atoms with Gasteiger partial charge in [0.25, 0.3) is 15.9 Å². The molecule has 8 nitrogen and oxygen atoms in total. The van der Waals surface area contributed by atoms with E-state index in [1.165, 1.54) is 6.20 Å². The first-order valence-corrected chi connectivity index (χ1v) is 11.7. The van der Waals surface area contributed by atoms with E-state index in [1.807, 2.05) is 24.0 Å². The smallest absolute Gasteiger partial charge is 0.261 e. The summed E-state index contributed by atoms with van der Waals surface area (Å²) in [5, 5.41) is 6.05. The van der Waals surface area contributed by atoms with Gasteiger partial charge in [0.05, 0.1) is 22.3 Å². The average molecular weight is 432 g/mol. The summed E-state index contributed by atoms with van der Waals surface area (Å²) in [6, 6.07) is 8.35. The van der Waals surface area contributed by atoms with Crippen molar-refractivity contribution in [3.05, 3.63) is 47.7 Å². The van der Waals surface area contributed by atoms with Crippen molar-refractivity contribution < 1.29 is 13.2 Å². The summed E-state index contributed by atoms with van der Waals surface area (Å²) < 4.78 is 28.2. The molecule has 1 aromatic heterocycles. The van der Waals surface area contributed by atoms with Crippen LogP contribution >= 0.6 is 0 Å². The van der Waals surface area contributed by atoms with Crippen LogP contribution in [0.15, 0.2) is 41.4 Å². The molecule has 3 rings (SSSR count). The van der Waals surface area contributed by atoms with Crippen molar-refractivity contribution in [1.82, 2.24) is 15.6 Å². The van der Waals surface area contributed by atoms with Gasteiger partial charge in [-0.25, -0.2) is 13.4 Å². The minimum absolute atomic E-state index is 0.164. The summed E-state index contributed by atoms with van der Waals surface area (Å²) in [5.41, 5.74) is 1.67. The van der Waals surface area contributed by atoms with E-state index < -0.39 is 10.0 Å². The molecule has 0 aliphatic carbocycles. The van der Waals surface area contributed by atoms with Crippen LogP contribution < -0.4 is 20.3 Å². The van der Waals surface area contributed by atoms with Gasteiger partial charge in [-0.15, -0.1) is 0 Å². The second kappa shape index (κ2) is 9.44. The summed E-state index contributed by atoms with van der Waals surface area (Å²) in [7, 11) is -3.79. The third-order valence-corrected chi connectivity index (χ3v) is 6.37. The maximum Gasteiger partial charge on any atom is 0.261 e. The molecule has 162 valence electrons. The van der Waals surface area contributed by atoms with E-state index in [9.17, 15) is 13.2 Å². The molecule has 0 spiro atoms. The predicted molar refractivity (Wildman–Crippen MR) is 119 cm³/mol. The highest BCUT2D eigenvalue weighted by Crippen LogP contribution is 2.24. The number of aromatic nitrogens is 1. The number of sulfonamides is 1. The van der Waals surface area contributed by atoms with E-state index in [0.29, 0.717) is 23.8 Å². The number of benzene rings is 1. The Kier molecular flexibility index (Phi) is 6.94. The normalized spacial score (nSPS) is 14.6. The van der Waals surface area contributed by atoms with Gasteiger partial charge in [-0.1, -0.05) is 26.0 Å². The molecule has 0 atom stereocenters. The summed E-state index contributed by atoms with van der Waals surface area (Å²) in [4.78, 5) is 19.3. The van der Waals surface area contributed by atoms with Gasteiger partial charge in [-0.2, -0.15) is 0 Å².